The molecule has 1 atom stereocenters. The minimum Gasteiger partial charge on any atom is -0.451 e. The minimum atomic E-state index is -0.288. The molecule has 21 heavy (non-hydrogen) atoms. The lowest BCUT2D eigenvalue weighted by molar-refractivity contribution is 0.0998. The van der Waals surface area contributed by atoms with Gasteiger partial charge in [-0.05, 0) is 26.1 Å². The number of hydrogen-bond acceptors (Lipinski definition) is 5. The van der Waals surface area contributed by atoms with Crippen molar-refractivity contribution in [3.8, 4) is 0 Å². The zero-order chi connectivity index (χ0) is 14.8. The van der Waals surface area contributed by atoms with E-state index in [0.717, 1.165) is 11.1 Å². The number of fused-ring (bicyclic) bond motifs is 1. The molecule has 0 fully saturated rings. The molecule has 0 spiro atoms. The highest BCUT2D eigenvalue weighted by atomic mass is 32.1. The normalized spacial score (nSPS) is 12.5. The van der Waals surface area contributed by atoms with Crippen molar-refractivity contribution in [1.82, 2.24) is 10.3 Å². The van der Waals surface area contributed by atoms with Gasteiger partial charge in [0.15, 0.2) is 10.9 Å². The highest BCUT2D eigenvalue weighted by Gasteiger charge is 2.15. The average Bonchev–Trinajstić information content (AvgIpc) is 3.12. The van der Waals surface area contributed by atoms with Gasteiger partial charge in [0.1, 0.15) is 5.58 Å². The van der Waals surface area contributed by atoms with Crippen LogP contribution < -0.4 is 10.6 Å². The van der Waals surface area contributed by atoms with Crippen molar-refractivity contribution >= 4 is 33.3 Å². The van der Waals surface area contributed by atoms with Crippen molar-refractivity contribution in [2.45, 2.75) is 13.0 Å². The van der Waals surface area contributed by atoms with Crippen LogP contribution in [0.3, 0.4) is 0 Å². The molecule has 1 amide bonds. The molecule has 5 nitrogen and oxygen atoms in total. The van der Waals surface area contributed by atoms with E-state index in [4.69, 9.17) is 4.42 Å². The van der Waals surface area contributed by atoms with Gasteiger partial charge in [-0.15, -0.1) is 11.3 Å². The van der Waals surface area contributed by atoms with E-state index in [2.05, 4.69) is 15.6 Å². The van der Waals surface area contributed by atoms with Gasteiger partial charge in [-0.3, -0.25) is 10.1 Å². The molecule has 1 aromatic carbocycles. The molecule has 0 radical (unpaired) electrons. The van der Waals surface area contributed by atoms with Gasteiger partial charge >= 0.3 is 0 Å². The number of carbonyl (C=O) groups is 1. The number of aromatic nitrogens is 1. The lowest BCUT2D eigenvalue weighted by Gasteiger charge is -2.04. The molecule has 2 aromatic heterocycles. The van der Waals surface area contributed by atoms with Gasteiger partial charge in [-0.1, -0.05) is 18.2 Å². The summed E-state index contributed by atoms with van der Waals surface area (Å²) in [5.74, 6) is -0.00109. The summed E-state index contributed by atoms with van der Waals surface area (Å²) in [5, 5.41) is 9.28. The topological polar surface area (TPSA) is 67.2 Å². The number of benzene rings is 1. The molecule has 2 heterocycles. The van der Waals surface area contributed by atoms with Gasteiger partial charge < -0.3 is 9.73 Å². The summed E-state index contributed by atoms with van der Waals surface area (Å²) in [6.07, 6.45) is 0. The summed E-state index contributed by atoms with van der Waals surface area (Å²) in [7, 11) is 1.87. The maximum absolute atomic E-state index is 12.2. The largest absolute Gasteiger partial charge is 0.451 e. The Morgan fingerprint density at radius 1 is 1.38 bits per heavy atom. The first kappa shape index (κ1) is 13.8. The summed E-state index contributed by atoms with van der Waals surface area (Å²) in [4.78, 5) is 16.6. The molecule has 1 unspecified atom stereocenters. The summed E-state index contributed by atoms with van der Waals surface area (Å²) >= 11 is 1.40. The molecule has 0 saturated carbocycles. The maximum Gasteiger partial charge on any atom is 0.293 e. The van der Waals surface area contributed by atoms with E-state index in [0.29, 0.717) is 10.7 Å². The predicted molar refractivity (Wildman–Crippen MR) is 83.8 cm³/mol. The van der Waals surface area contributed by atoms with Crippen LogP contribution in [0.25, 0.3) is 11.0 Å². The van der Waals surface area contributed by atoms with E-state index in [-0.39, 0.29) is 17.7 Å². The van der Waals surface area contributed by atoms with E-state index in [1.165, 1.54) is 11.3 Å². The lowest BCUT2D eigenvalue weighted by atomic mass is 10.2. The third-order valence-corrected chi connectivity index (χ3v) is 4.04. The van der Waals surface area contributed by atoms with Crippen molar-refractivity contribution in [2.24, 2.45) is 0 Å². The van der Waals surface area contributed by atoms with Crippen LogP contribution in [0, 0.1) is 0 Å². The number of anilines is 1. The molecule has 0 aliphatic carbocycles. The number of thiazole rings is 1. The number of nitrogens with zero attached hydrogens (tertiary/aromatic N) is 1. The second-order valence-electron chi connectivity index (χ2n) is 4.69. The fourth-order valence-corrected chi connectivity index (χ4v) is 2.74. The second kappa shape index (κ2) is 5.67. The van der Waals surface area contributed by atoms with Crippen LogP contribution in [0.1, 0.15) is 29.2 Å². The average molecular weight is 301 g/mol. The Balaban J connectivity index is 1.78. The molecule has 0 aliphatic rings. The number of rotatable bonds is 4. The smallest absolute Gasteiger partial charge is 0.293 e. The number of amides is 1. The first-order valence-corrected chi connectivity index (χ1v) is 7.48. The quantitative estimate of drug-likeness (QED) is 0.775. The van der Waals surface area contributed by atoms with E-state index >= 15 is 0 Å². The predicted octanol–water partition coefficient (Wildman–Crippen LogP) is 3.42. The number of carbonyl (C=O) groups excluding carboxylic acids is 1. The van der Waals surface area contributed by atoms with Crippen LogP contribution in [0.4, 0.5) is 5.13 Å². The van der Waals surface area contributed by atoms with Gasteiger partial charge in [0.2, 0.25) is 0 Å². The third-order valence-electron chi connectivity index (χ3n) is 3.27. The highest BCUT2D eigenvalue weighted by Crippen LogP contribution is 2.23. The van der Waals surface area contributed by atoms with Crippen LogP contribution in [0.15, 0.2) is 40.1 Å². The SMILES string of the molecule is CNC(C)c1csc(NC(=O)c2cc3ccccc3o2)n1. The number of para-hydroxylation sites is 1. The molecular weight excluding hydrogens is 286 g/mol. The maximum atomic E-state index is 12.2. The van der Waals surface area contributed by atoms with Gasteiger partial charge in [-0.25, -0.2) is 4.98 Å². The van der Waals surface area contributed by atoms with Crippen LogP contribution in [0.5, 0.6) is 0 Å². The summed E-state index contributed by atoms with van der Waals surface area (Å²) in [6, 6.07) is 9.41. The number of hydrogen-bond donors (Lipinski definition) is 2. The molecule has 2 N–H and O–H groups in total. The fraction of sp³-hybridized carbons (Fsp3) is 0.200. The van der Waals surface area contributed by atoms with Gasteiger partial charge in [-0.2, -0.15) is 0 Å². The van der Waals surface area contributed by atoms with Crippen molar-refractivity contribution in [3.05, 3.63) is 47.2 Å². The first-order valence-electron chi connectivity index (χ1n) is 6.60. The van der Waals surface area contributed by atoms with Crippen LogP contribution >= 0.6 is 11.3 Å². The first-order chi connectivity index (χ1) is 10.2. The summed E-state index contributed by atoms with van der Waals surface area (Å²) in [6.45, 7) is 2.01. The second-order valence-corrected chi connectivity index (χ2v) is 5.55. The molecule has 6 heteroatoms. The molecule has 0 saturated heterocycles. The Kier molecular flexibility index (Phi) is 3.72. The summed E-state index contributed by atoms with van der Waals surface area (Å²) in [5.41, 5.74) is 1.61. The van der Waals surface area contributed by atoms with Crippen molar-refractivity contribution in [3.63, 3.8) is 0 Å². The third kappa shape index (κ3) is 2.81. The van der Waals surface area contributed by atoms with Crippen molar-refractivity contribution in [2.75, 3.05) is 12.4 Å². The Morgan fingerprint density at radius 2 is 2.19 bits per heavy atom. The van der Waals surface area contributed by atoms with E-state index < -0.39 is 0 Å². The van der Waals surface area contributed by atoms with Crippen molar-refractivity contribution in [1.29, 1.82) is 0 Å². The Bertz CT molecular complexity index is 745. The standard InChI is InChI=1S/C15H15N3O2S/c1-9(16-2)11-8-21-15(17-11)18-14(19)13-7-10-5-3-4-6-12(10)20-13/h3-9,16H,1-2H3,(H,17,18,19). The molecule has 108 valence electrons. The highest BCUT2D eigenvalue weighted by molar-refractivity contribution is 7.14. The van der Waals surface area contributed by atoms with Crippen LogP contribution in [0.2, 0.25) is 0 Å². The minimum absolute atomic E-state index is 0.151. The Labute approximate surface area is 126 Å². The molecule has 0 bridgehead atoms. The molecule has 3 rings (SSSR count). The van der Waals surface area contributed by atoms with Gasteiger partial charge in [0, 0.05) is 16.8 Å². The fourth-order valence-electron chi connectivity index (χ4n) is 1.94. The van der Waals surface area contributed by atoms with Crippen LogP contribution in [-0.4, -0.2) is 17.9 Å². The van der Waals surface area contributed by atoms with Crippen LogP contribution in [-0.2, 0) is 0 Å². The monoisotopic (exact) mass is 301 g/mol. The van der Waals surface area contributed by atoms with Crippen molar-refractivity contribution < 1.29 is 9.21 Å². The van der Waals surface area contributed by atoms with E-state index in [1.54, 1.807) is 6.07 Å². The molecule has 0 aliphatic heterocycles. The lowest BCUT2D eigenvalue weighted by Crippen LogP contribution is -2.14. The number of furan rings is 1. The van der Waals surface area contributed by atoms with Gasteiger partial charge in [0.25, 0.3) is 5.91 Å². The summed E-state index contributed by atoms with van der Waals surface area (Å²) < 4.78 is 5.53. The Morgan fingerprint density at radius 3 is 2.95 bits per heavy atom. The number of nitrogens with one attached hydrogen (secondary N) is 2. The van der Waals surface area contributed by atoms with Gasteiger partial charge in [0.05, 0.1) is 5.69 Å². The molecular formula is C15H15N3O2S. The Hall–Kier alpha value is -2.18. The zero-order valence-corrected chi connectivity index (χ0v) is 12.5. The van der Waals surface area contributed by atoms with E-state index in [1.807, 2.05) is 43.6 Å². The molecule has 3 aromatic rings. The van der Waals surface area contributed by atoms with E-state index in [9.17, 15) is 4.79 Å². The zero-order valence-electron chi connectivity index (χ0n) is 11.7.